The van der Waals surface area contributed by atoms with Crippen LogP contribution >= 0.6 is 0 Å². The van der Waals surface area contributed by atoms with E-state index in [1.807, 2.05) is 0 Å². The van der Waals surface area contributed by atoms with E-state index in [2.05, 4.69) is 10.8 Å². The molecule has 1 atom stereocenters. The second-order valence-electron chi connectivity index (χ2n) is 6.31. The summed E-state index contributed by atoms with van der Waals surface area (Å²) in [6.07, 6.45) is 5.38. The first-order valence-electron chi connectivity index (χ1n) is 8.19. The van der Waals surface area contributed by atoms with E-state index >= 15 is 0 Å². The summed E-state index contributed by atoms with van der Waals surface area (Å²) in [5, 5.41) is 0. The second-order valence-corrected chi connectivity index (χ2v) is 6.31. The minimum Gasteiger partial charge on any atom is -0.340 e. The first-order chi connectivity index (χ1) is 12.0. The van der Waals surface area contributed by atoms with Crippen LogP contribution in [0.25, 0.3) is 0 Å². The zero-order valence-corrected chi connectivity index (χ0v) is 13.8. The van der Waals surface area contributed by atoms with Crippen molar-refractivity contribution >= 4 is 17.5 Å². The van der Waals surface area contributed by atoms with Crippen LogP contribution in [-0.2, 0) is 9.59 Å². The van der Waals surface area contributed by atoms with Crippen molar-refractivity contribution in [2.24, 2.45) is 5.92 Å². The van der Waals surface area contributed by atoms with E-state index in [1.165, 1.54) is 11.0 Å². The van der Waals surface area contributed by atoms with E-state index in [0.29, 0.717) is 32.7 Å². The summed E-state index contributed by atoms with van der Waals surface area (Å²) in [5.74, 6) is -0.169. The molecule has 0 N–H and O–H groups in total. The second kappa shape index (κ2) is 7.19. The Morgan fingerprint density at radius 1 is 1.20 bits per heavy atom. The summed E-state index contributed by atoms with van der Waals surface area (Å²) in [7, 11) is 0. The third kappa shape index (κ3) is 3.64. The molecular formula is C18H19F2N3O2. The molecule has 5 nitrogen and oxygen atoms in total. The molecule has 25 heavy (non-hydrogen) atoms. The van der Waals surface area contributed by atoms with E-state index in [0.717, 1.165) is 12.1 Å². The molecule has 0 spiro atoms. The Hall–Kier alpha value is -2.46. The molecule has 2 aliphatic heterocycles. The number of benzene rings is 1. The Bertz CT molecular complexity index is 724. The fourth-order valence-corrected chi connectivity index (χ4v) is 3.29. The van der Waals surface area contributed by atoms with Gasteiger partial charge in [-0.15, -0.1) is 6.42 Å². The summed E-state index contributed by atoms with van der Waals surface area (Å²) in [4.78, 5) is 30.1. The van der Waals surface area contributed by atoms with Crippen molar-refractivity contribution in [3.8, 4) is 12.3 Å². The molecule has 0 aromatic heterocycles. The summed E-state index contributed by atoms with van der Waals surface area (Å²) < 4.78 is 26.5. The van der Waals surface area contributed by atoms with E-state index in [1.54, 1.807) is 4.90 Å². The number of terminal acetylenes is 1. The van der Waals surface area contributed by atoms with Crippen LogP contribution in [0.1, 0.15) is 6.42 Å². The molecule has 1 aromatic carbocycles. The quantitative estimate of drug-likeness (QED) is 0.769. The van der Waals surface area contributed by atoms with Gasteiger partial charge in [-0.1, -0.05) is 5.92 Å². The molecule has 132 valence electrons. The van der Waals surface area contributed by atoms with Crippen molar-refractivity contribution in [2.45, 2.75) is 6.42 Å². The highest BCUT2D eigenvalue weighted by atomic mass is 19.2. The standard InChI is InChI=1S/C18H19F2N3O2/c1-2-5-21-6-8-22(9-7-21)18(25)13-10-17(24)23(12-13)14-3-4-15(19)16(20)11-14/h1,3-4,11,13H,5-10,12H2. The first-order valence-corrected chi connectivity index (χ1v) is 8.19. The highest BCUT2D eigenvalue weighted by molar-refractivity contribution is 6.00. The smallest absolute Gasteiger partial charge is 0.228 e. The lowest BCUT2D eigenvalue weighted by Crippen LogP contribution is -2.50. The molecule has 1 aromatic rings. The van der Waals surface area contributed by atoms with E-state index in [4.69, 9.17) is 6.42 Å². The van der Waals surface area contributed by atoms with Crippen molar-refractivity contribution in [2.75, 3.05) is 44.2 Å². The van der Waals surface area contributed by atoms with Gasteiger partial charge in [0.2, 0.25) is 11.8 Å². The largest absolute Gasteiger partial charge is 0.340 e. The molecular weight excluding hydrogens is 328 g/mol. The average Bonchev–Trinajstić information content (AvgIpc) is 2.99. The van der Waals surface area contributed by atoms with Gasteiger partial charge in [-0.25, -0.2) is 8.78 Å². The van der Waals surface area contributed by atoms with Gasteiger partial charge in [0.05, 0.1) is 12.5 Å². The zero-order chi connectivity index (χ0) is 18.0. The molecule has 0 radical (unpaired) electrons. The van der Waals surface area contributed by atoms with Crippen molar-refractivity contribution in [1.82, 2.24) is 9.80 Å². The number of hydrogen-bond donors (Lipinski definition) is 0. The van der Waals surface area contributed by atoms with Crippen LogP contribution in [-0.4, -0.2) is 60.9 Å². The Balaban J connectivity index is 1.63. The lowest BCUT2D eigenvalue weighted by atomic mass is 10.1. The fraction of sp³-hybridized carbons (Fsp3) is 0.444. The number of amides is 2. The molecule has 0 aliphatic carbocycles. The summed E-state index contributed by atoms with van der Waals surface area (Å²) in [5.41, 5.74) is 0.276. The Kier molecular flexibility index (Phi) is 5.00. The highest BCUT2D eigenvalue weighted by Crippen LogP contribution is 2.27. The number of nitrogens with zero attached hydrogens (tertiary/aromatic N) is 3. The molecule has 3 rings (SSSR count). The topological polar surface area (TPSA) is 43.9 Å². The Morgan fingerprint density at radius 3 is 2.56 bits per heavy atom. The molecule has 1 unspecified atom stereocenters. The maximum Gasteiger partial charge on any atom is 0.228 e. The number of piperazine rings is 1. The molecule has 0 saturated carbocycles. The van der Waals surface area contributed by atoms with Gasteiger partial charge < -0.3 is 9.80 Å². The zero-order valence-electron chi connectivity index (χ0n) is 13.8. The van der Waals surface area contributed by atoms with Crippen molar-refractivity contribution in [1.29, 1.82) is 0 Å². The van der Waals surface area contributed by atoms with Crippen LogP contribution in [0.2, 0.25) is 0 Å². The predicted octanol–water partition coefficient (Wildman–Crippen LogP) is 1.10. The lowest BCUT2D eigenvalue weighted by Gasteiger charge is -2.35. The first kappa shape index (κ1) is 17.4. The minimum absolute atomic E-state index is 0.0706. The third-order valence-electron chi connectivity index (χ3n) is 4.69. The highest BCUT2D eigenvalue weighted by Gasteiger charge is 2.38. The van der Waals surface area contributed by atoms with Crippen LogP contribution in [0.15, 0.2) is 18.2 Å². The van der Waals surface area contributed by atoms with Gasteiger partial charge in [0.15, 0.2) is 11.6 Å². The number of hydrogen-bond acceptors (Lipinski definition) is 3. The third-order valence-corrected chi connectivity index (χ3v) is 4.69. The van der Waals surface area contributed by atoms with E-state index in [9.17, 15) is 18.4 Å². The van der Waals surface area contributed by atoms with E-state index < -0.39 is 17.6 Å². The Labute approximate surface area is 145 Å². The molecule has 2 fully saturated rings. The lowest BCUT2D eigenvalue weighted by molar-refractivity contribution is -0.137. The van der Waals surface area contributed by atoms with Crippen molar-refractivity contribution in [3.63, 3.8) is 0 Å². The number of carbonyl (C=O) groups is 2. The summed E-state index contributed by atoms with van der Waals surface area (Å²) in [6, 6.07) is 3.32. The number of carbonyl (C=O) groups excluding carboxylic acids is 2. The summed E-state index contributed by atoms with van der Waals surface area (Å²) in [6.45, 7) is 3.33. The van der Waals surface area contributed by atoms with Gasteiger partial charge in [0, 0.05) is 50.9 Å². The molecule has 2 saturated heterocycles. The maximum atomic E-state index is 13.4. The molecule has 2 amide bonds. The van der Waals surface area contributed by atoms with Crippen molar-refractivity contribution < 1.29 is 18.4 Å². The van der Waals surface area contributed by atoms with Gasteiger partial charge in [-0.05, 0) is 12.1 Å². The molecule has 0 bridgehead atoms. The molecule has 2 aliphatic rings. The fourth-order valence-electron chi connectivity index (χ4n) is 3.29. The number of halogens is 2. The Morgan fingerprint density at radius 2 is 1.92 bits per heavy atom. The van der Waals surface area contributed by atoms with Gasteiger partial charge in [0.25, 0.3) is 0 Å². The van der Waals surface area contributed by atoms with E-state index in [-0.39, 0.29) is 30.5 Å². The number of anilines is 1. The van der Waals surface area contributed by atoms with Crippen LogP contribution in [0.5, 0.6) is 0 Å². The normalized spacial score (nSPS) is 21.5. The van der Waals surface area contributed by atoms with Gasteiger partial charge in [0.1, 0.15) is 0 Å². The molecule has 7 heteroatoms. The van der Waals surface area contributed by atoms with Gasteiger partial charge in [-0.3, -0.25) is 14.5 Å². The number of rotatable bonds is 3. The predicted molar refractivity (Wildman–Crippen MR) is 88.7 cm³/mol. The minimum atomic E-state index is -1.01. The van der Waals surface area contributed by atoms with Crippen molar-refractivity contribution in [3.05, 3.63) is 29.8 Å². The van der Waals surface area contributed by atoms with Gasteiger partial charge >= 0.3 is 0 Å². The summed E-state index contributed by atoms with van der Waals surface area (Å²) >= 11 is 0. The van der Waals surface area contributed by atoms with Gasteiger partial charge in [-0.2, -0.15) is 0 Å². The van der Waals surface area contributed by atoms with Crippen LogP contribution in [0.3, 0.4) is 0 Å². The SMILES string of the molecule is C#CCN1CCN(C(=O)C2CC(=O)N(c3ccc(F)c(F)c3)C2)CC1. The van der Waals surface area contributed by atoms with Crippen LogP contribution in [0, 0.1) is 29.9 Å². The maximum absolute atomic E-state index is 13.4. The van der Waals surface area contributed by atoms with Crippen LogP contribution in [0.4, 0.5) is 14.5 Å². The monoisotopic (exact) mass is 347 g/mol. The van der Waals surface area contributed by atoms with Crippen LogP contribution < -0.4 is 4.90 Å². The molecule has 2 heterocycles. The average molecular weight is 347 g/mol.